The standard InChI is InChI=1S/C15H19N3O2.C2HF3O2/c16-13(15(19)18-7-3-4-8-20-18)9-11-10-17-14-6-2-1-5-12(11)14;3-2(4,5)1(6)7/h1-2,5-6,10,13,17H,3-4,7-9,16H2;(H,6,7)/t13-;/m0./s1. The summed E-state index contributed by atoms with van der Waals surface area (Å²) in [6, 6.07) is 7.46. The van der Waals surface area contributed by atoms with Crippen molar-refractivity contribution in [2.75, 3.05) is 13.2 Å². The highest BCUT2D eigenvalue weighted by molar-refractivity contribution is 5.85. The molecule has 1 amide bonds. The molecule has 10 heteroatoms. The van der Waals surface area contributed by atoms with Crippen molar-refractivity contribution in [2.24, 2.45) is 5.73 Å². The fourth-order valence-electron chi connectivity index (χ4n) is 2.58. The first-order chi connectivity index (χ1) is 12.7. The summed E-state index contributed by atoms with van der Waals surface area (Å²) >= 11 is 0. The molecule has 3 rings (SSSR count). The third-order valence-electron chi connectivity index (χ3n) is 3.92. The number of aromatic amines is 1. The predicted molar refractivity (Wildman–Crippen MR) is 90.6 cm³/mol. The smallest absolute Gasteiger partial charge is 0.475 e. The molecule has 1 aromatic heterocycles. The van der Waals surface area contributed by atoms with Crippen molar-refractivity contribution in [1.29, 1.82) is 0 Å². The molecule has 0 saturated carbocycles. The van der Waals surface area contributed by atoms with Crippen LogP contribution in [0.2, 0.25) is 0 Å². The number of aliphatic carboxylic acids is 1. The van der Waals surface area contributed by atoms with E-state index in [1.54, 1.807) is 0 Å². The molecule has 7 nitrogen and oxygen atoms in total. The maximum Gasteiger partial charge on any atom is 0.490 e. The van der Waals surface area contributed by atoms with Crippen LogP contribution in [0.1, 0.15) is 18.4 Å². The van der Waals surface area contributed by atoms with E-state index in [2.05, 4.69) is 4.98 Å². The van der Waals surface area contributed by atoms with Crippen molar-refractivity contribution in [3.05, 3.63) is 36.0 Å². The number of nitrogens with zero attached hydrogens (tertiary/aromatic N) is 1. The summed E-state index contributed by atoms with van der Waals surface area (Å²) in [4.78, 5) is 29.7. The Morgan fingerprint density at radius 2 is 1.96 bits per heavy atom. The maximum absolute atomic E-state index is 12.2. The van der Waals surface area contributed by atoms with Crippen LogP contribution >= 0.6 is 0 Å². The van der Waals surface area contributed by atoms with Crippen LogP contribution in [0, 0.1) is 0 Å². The number of nitrogens with one attached hydrogen (secondary N) is 1. The number of aromatic nitrogens is 1. The number of para-hydroxylation sites is 1. The van der Waals surface area contributed by atoms with Gasteiger partial charge >= 0.3 is 12.1 Å². The van der Waals surface area contributed by atoms with Crippen molar-refractivity contribution in [1.82, 2.24) is 10.0 Å². The highest BCUT2D eigenvalue weighted by Gasteiger charge is 2.38. The molecule has 0 aliphatic carbocycles. The molecule has 1 aliphatic heterocycles. The van der Waals surface area contributed by atoms with Gasteiger partial charge in [0, 0.05) is 23.6 Å². The van der Waals surface area contributed by atoms with Gasteiger partial charge in [-0.2, -0.15) is 13.2 Å². The van der Waals surface area contributed by atoms with E-state index in [0.29, 0.717) is 19.6 Å². The van der Waals surface area contributed by atoms with E-state index < -0.39 is 18.2 Å². The van der Waals surface area contributed by atoms with Gasteiger partial charge in [-0.05, 0) is 30.9 Å². The Morgan fingerprint density at radius 3 is 2.56 bits per heavy atom. The van der Waals surface area contributed by atoms with Gasteiger partial charge in [-0.15, -0.1) is 0 Å². The van der Waals surface area contributed by atoms with Gasteiger partial charge in [0.25, 0.3) is 5.91 Å². The summed E-state index contributed by atoms with van der Waals surface area (Å²) in [6.45, 7) is 1.24. The number of H-pyrrole nitrogens is 1. The summed E-state index contributed by atoms with van der Waals surface area (Å²) in [5.41, 5.74) is 8.18. The number of carbonyl (C=O) groups excluding carboxylic acids is 1. The Hall–Kier alpha value is -2.59. The number of benzene rings is 1. The molecule has 148 valence electrons. The van der Waals surface area contributed by atoms with Crippen LogP contribution in [0.5, 0.6) is 0 Å². The number of halogens is 3. The van der Waals surface area contributed by atoms with E-state index in [4.69, 9.17) is 20.5 Å². The van der Waals surface area contributed by atoms with Crippen LogP contribution in [0.4, 0.5) is 13.2 Å². The molecule has 1 aliphatic rings. The second-order valence-electron chi connectivity index (χ2n) is 5.95. The molecule has 1 saturated heterocycles. The number of carboxylic acids is 1. The van der Waals surface area contributed by atoms with Gasteiger partial charge < -0.3 is 15.8 Å². The van der Waals surface area contributed by atoms with Crippen LogP contribution in [0.25, 0.3) is 10.9 Å². The fourth-order valence-corrected chi connectivity index (χ4v) is 2.58. The highest BCUT2D eigenvalue weighted by atomic mass is 19.4. The monoisotopic (exact) mass is 387 g/mol. The molecule has 27 heavy (non-hydrogen) atoms. The number of hydrogen-bond donors (Lipinski definition) is 3. The second-order valence-corrected chi connectivity index (χ2v) is 5.95. The van der Waals surface area contributed by atoms with Gasteiger partial charge in [-0.1, -0.05) is 18.2 Å². The van der Waals surface area contributed by atoms with Crippen LogP contribution < -0.4 is 5.73 Å². The Kier molecular flexibility index (Phi) is 6.81. The van der Waals surface area contributed by atoms with Gasteiger partial charge in [-0.3, -0.25) is 9.63 Å². The van der Waals surface area contributed by atoms with E-state index in [-0.39, 0.29) is 5.91 Å². The second kappa shape index (κ2) is 8.87. The van der Waals surface area contributed by atoms with Gasteiger partial charge in [0.2, 0.25) is 0 Å². The lowest BCUT2D eigenvalue weighted by molar-refractivity contribution is -0.198. The Labute approximate surface area is 152 Å². The number of nitrogens with two attached hydrogens (primary N) is 1. The van der Waals surface area contributed by atoms with Gasteiger partial charge in [0.1, 0.15) is 0 Å². The molecular formula is C17H20F3N3O4. The van der Waals surface area contributed by atoms with Crippen molar-refractivity contribution < 1.29 is 32.7 Å². The van der Waals surface area contributed by atoms with Gasteiger partial charge in [0.15, 0.2) is 0 Å². The third-order valence-corrected chi connectivity index (χ3v) is 3.92. The molecule has 0 bridgehead atoms. The normalized spacial score (nSPS) is 15.8. The zero-order valence-electron chi connectivity index (χ0n) is 14.3. The van der Waals surface area contributed by atoms with Crippen molar-refractivity contribution >= 4 is 22.8 Å². The third kappa shape index (κ3) is 5.69. The van der Waals surface area contributed by atoms with Crippen molar-refractivity contribution in [2.45, 2.75) is 31.5 Å². The number of hydrogen-bond acceptors (Lipinski definition) is 4. The largest absolute Gasteiger partial charge is 0.490 e. The van der Waals surface area contributed by atoms with Crippen LogP contribution in [0.15, 0.2) is 30.5 Å². The van der Waals surface area contributed by atoms with Crippen LogP contribution in [-0.4, -0.2) is 52.4 Å². The minimum absolute atomic E-state index is 0.130. The topological polar surface area (TPSA) is 109 Å². The number of alkyl halides is 3. The first-order valence-corrected chi connectivity index (χ1v) is 8.25. The fraction of sp³-hybridized carbons (Fsp3) is 0.412. The predicted octanol–water partition coefficient (Wildman–Crippen LogP) is 2.23. The van der Waals surface area contributed by atoms with E-state index in [1.807, 2.05) is 30.5 Å². The summed E-state index contributed by atoms with van der Waals surface area (Å²) in [5.74, 6) is -2.89. The molecular weight excluding hydrogens is 367 g/mol. The molecule has 0 unspecified atom stereocenters. The number of amides is 1. The number of fused-ring (bicyclic) bond motifs is 1. The maximum atomic E-state index is 12.2. The summed E-state index contributed by atoms with van der Waals surface area (Å²) in [5, 5.41) is 9.67. The number of rotatable bonds is 3. The quantitative estimate of drug-likeness (QED) is 0.748. The van der Waals surface area contributed by atoms with E-state index in [1.165, 1.54) is 5.06 Å². The Balaban J connectivity index is 0.000000321. The van der Waals surface area contributed by atoms with Crippen molar-refractivity contribution in [3.8, 4) is 0 Å². The van der Waals surface area contributed by atoms with E-state index in [9.17, 15) is 18.0 Å². The number of carbonyl (C=O) groups is 2. The first-order valence-electron chi connectivity index (χ1n) is 8.25. The average Bonchev–Trinajstić information content (AvgIpc) is 3.04. The summed E-state index contributed by atoms with van der Waals surface area (Å²) in [7, 11) is 0. The van der Waals surface area contributed by atoms with Gasteiger partial charge in [0.05, 0.1) is 12.6 Å². The lowest BCUT2D eigenvalue weighted by atomic mass is 10.0. The minimum Gasteiger partial charge on any atom is -0.475 e. The minimum atomic E-state index is -5.08. The Morgan fingerprint density at radius 1 is 1.30 bits per heavy atom. The first kappa shape index (κ1) is 20.7. The zero-order chi connectivity index (χ0) is 20.0. The molecule has 2 heterocycles. The molecule has 1 fully saturated rings. The summed E-state index contributed by atoms with van der Waals surface area (Å²) < 4.78 is 31.7. The number of hydroxylamine groups is 2. The average molecular weight is 387 g/mol. The molecule has 0 radical (unpaired) electrons. The van der Waals surface area contributed by atoms with E-state index in [0.717, 1.165) is 29.3 Å². The lowest BCUT2D eigenvalue weighted by Crippen LogP contribution is -2.46. The van der Waals surface area contributed by atoms with Crippen LogP contribution in [0.3, 0.4) is 0 Å². The molecule has 1 atom stereocenters. The van der Waals surface area contributed by atoms with E-state index >= 15 is 0 Å². The number of carboxylic acid groups (broad SMARTS) is 1. The summed E-state index contributed by atoms with van der Waals surface area (Å²) in [6.07, 6.45) is -0.662. The van der Waals surface area contributed by atoms with Gasteiger partial charge in [-0.25, -0.2) is 9.86 Å². The molecule has 1 aromatic carbocycles. The van der Waals surface area contributed by atoms with Crippen molar-refractivity contribution in [3.63, 3.8) is 0 Å². The SMILES string of the molecule is N[C@@H](Cc1c[nH]c2ccccc12)C(=O)N1CCCCO1.O=C(O)C(F)(F)F. The molecule has 4 N–H and O–H groups in total. The zero-order valence-corrected chi connectivity index (χ0v) is 14.3. The lowest BCUT2D eigenvalue weighted by Gasteiger charge is -2.28. The van der Waals surface area contributed by atoms with Crippen LogP contribution in [-0.2, 0) is 20.8 Å². The highest BCUT2D eigenvalue weighted by Crippen LogP contribution is 2.19. The Bertz CT molecular complexity index is 785. The molecule has 2 aromatic rings. The molecule has 0 spiro atoms.